The van der Waals surface area contributed by atoms with Crippen LogP contribution in [0.2, 0.25) is 0 Å². The minimum atomic E-state index is -1.06. The van der Waals surface area contributed by atoms with Crippen molar-refractivity contribution in [3.05, 3.63) is 23.2 Å². The molecule has 2 heterocycles. The third-order valence-electron chi connectivity index (χ3n) is 4.28. The summed E-state index contributed by atoms with van der Waals surface area (Å²) < 4.78 is 5.49. The van der Waals surface area contributed by atoms with Crippen LogP contribution in [0.4, 0.5) is 0 Å². The van der Waals surface area contributed by atoms with Gasteiger partial charge in [-0.2, -0.15) is 0 Å². The Hall–Kier alpha value is -1.49. The van der Waals surface area contributed by atoms with E-state index in [0.29, 0.717) is 5.96 Å². The molecule has 0 spiro atoms. The molecule has 1 saturated heterocycles. The second-order valence-electron chi connectivity index (χ2n) is 6.44. The standard InChI is InChI=1S/C16H27N3O2/c1-11-5-7-19(8-6-11)15(17)18-10-16(4,20)14-9-12(2)21-13(14)3/h9,11,20H,5-8,10H2,1-4H3,(H2,17,18). The molecule has 1 fully saturated rings. The first-order valence-electron chi connectivity index (χ1n) is 7.64. The Labute approximate surface area is 126 Å². The molecule has 5 heteroatoms. The monoisotopic (exact) mass is 293 g/mol. The van der Waals surface area contributed by atoms with Crippen molar-refractivity contribution in [3.8, 4) is 0 Å². The van der Waals surface area contributed by atoms with Gasteiger partial charge in [0.25, 0.3) is 0 Å². The lowest BCUT2D eigenvalue weighted by molar-refractivity contribution is 0.0654. The Morgan fingerprint density at radius 3 is 2.62 bits per heavy atom. The van der Waals surface area contributed by atoms with Gasteiger partial charge in [0, 0.05) is 18.7 Å². The number of aryl methyl sites for hydroxylation is 2. The molecular formula is C16H27N3O2. The molecule has 3 N–H and O–H groups in total. The number of aliphatic imine (C=N–C) groups is 1. The minimum absolute atomic E-state index is 0.241. The Balaban J connectivity index is 2.03. The molecule has 0 radical (unpaired) electrons. The third kappa shape index (κ3) is 3.79. The van der Waals surface area contributed by atoms with Gasteiger partial charge in [-0.15, -0.1) is 0 Å². The number of likely N-dealkylation sites (tertiary alicyclic amines) is 1. The quantitative estimate of drug-likeness (QED) is 0.661. The largest absolute Gasteiger partial charge is 0.466 e. The number of guanidine groups is 1. The topological polar surface area (TPSA) is 75.0 Å². The van der Waals surface area contributed by atoms with E-state index in [1.807, 2.05) is 19.9 Å². The predicted molar refractivity (Wildman–Crippen MR) is 84.2 cm³/mol. The highest BCUT2D eigenvalue weighted by molar-refractivity contribution is 5.78. The number of piperidine rings is 1. The van der Waals surface area contributed by atoms with Crippen molar-refractivity contribution in [2.45, 2.75) is 46.1 Å². The van der Waals surface area contributed by atoms with Crippen LogP contribution in [0.15, 0.2) is 15.5 Å². The zero-order chi connectivity index (χ0) is 15.6. The van der Waals surface area contributed by atoms with Crippen molar-refractivity contribution in [2.24, 2.45) is 16.6 Å². The maximum atomic E-state index is 10.6. The normalized spacial score (nSPS) is 20.6. The van der Waals surface area contributed by atoms with Crippen LogP contribution in [0, 0.1) is 19.8 Å². The van der Waals surface area contributed by atoms with Crippen LogP contribution in [0.5, 0.6) is 0 Å². The highest BCUT2D eigenvalue weighted by Crippen LogP contribution is 2.27. The molecular weight excluding hydrogens is 266 g/mol. The summed E-state index contributed by atoms with van der Waals surface area (Å²) in [5, 5.41) is 10.6. The first-order chi connectivity index (χ1) is 9.79. The van der Waals surface area contributed by atoms with Crippen LogP contribution in [-0.4, -0.2) is 35.6 Å². The van der Waals surface area contributed by atoms with Crippen LogP contribution in [0.3, 0.4) is 0 Å². The third-order valence-corrected chi connectivity index (χ3v) is 4.28. The molecule has 1 aromatic heterocycles. The SMILES string of the molecule is Cc1cc(C(C)(O)CN=C(N)N2CCC(C)CC2)c(C)o1. The Bertz CT molecular complexity index is 512. The summed E-state index contributed by atoms with van der Waals surface area (Å²) in [6.07, 6.45) is 2.29. The number of nitrogens with two attached hydrogens (primary N) is 1. The number of hydrogen-bond acceptors (Lipinski definition) is 3. The van der Waals surface area contributed by atoms with E-state index in [-0.39, 0.29) is 6.54 Å². The first kappa shape index (κ1) is 15.9. The highest BCUT2D eigenvalue weighted by Gasteiger charge is 2.28. The van der Waals surface area contributed by atoms with E-state index in [1.165, 1.54) is 0 Å². The number of furan rings is 1. The van der Waals surface area contributed by atoms with Gasteiger partial charge in [0.05, 0.1) is 6.54 Å². The van der Waals surface area contributed by atoms with Crippen LogP contribution in [0.25, 0.3) is 0 Å². The number of aliphatic hydroxyl groups is 1. The van der Waals surface area contributed by atoms with Gasteiger partial charge in [0.2, 0.25) is 0 Å². The molecule has 0 amide bonds. The lowest BCUT2D eigenvalue weighted by atomic mass is 9.96. The van der Waals surface area contributed by atoms with E-state index in [2.05, 4.69) is 16.8 Å². The molecule has 1 aromatic rings. The minimum Gasteiger partial charge on any atom is -0.466 e. The van der Waals surface area contributed by atoms with E-state index in [0.717, 1.165) is 48.9 Å². The predicted octanol–water partition coefficient (Wildman–Crippen LogP) is 2.15. The number of rotatable bonds is 3. The van der Waals surface area contributed by atoms with E-state index in [4.69, 9.17) is 10.2 Å². The molecule has 2 rings (SSSR count). The second kappa shape index (κ2) is 6.10. The number of hydrogen-bond donors (Lipinski definition) is 2. The first-order valence-corrected chi connectivity index (χ1v) is 7.64. The fourth-order valence-electron chi connectivity index (χ4n) is 2.82. The summed E-state index contributed by atoms with van der Waals surface area (Å²) in [7, 11) is 0. The zero-order valence-electron chi connectivity index (χ0n) is 13.5. The summed E-state index contributed by atoms with van der Waals surface area (Å²) in [6, 6.07) is 1.86. The van der Waals surface area contributed by atoms with Crippen LogP contribution in [-0.2, 0) is 5.60 Å². The Morgan fingerprint density at radius 1 is 1.48 bits per heavy atom. The van der Waals surface area contributed by atoms with E-state index < -0.39 is 5.60 Å². The maximum absolute atomic E-state index is 10.6. The van der Waals surface area contributed by atoms with Crippen LogP contribution in [0.1, 0.15) is 43.8 Å². The molecule has 0 bridgehead atoms. The molecule has 1 atom stereocenters. The zero-order valence-corrected chi connectivity index (χ0v) is 13.5. The van der Waals surface area contributed by atoms with Crippen molar-refractivity contribution in [3.63, 3.8) is 0 Å². The van der Waals surface area contributed by atoms with E-state index in [9.17, 15) is 5.11 Å². The van der Waals surface area contributed by atoms with Crippen LogP contribution >= 0.6 is 0 Å². The summed E-state index contributed by atoms with van der Waals surface area (Å²) in [6.45, 7) is 9.88. The van der Waals surface area contributed by atoms with Crippen molar-refractivity contribution in [2.75, 3.05) is 19.6 Å². The maximum Gasteiger partial charge on any atom is 0.191 e. The van der Waals surface area contributed by atoms with Crippen molar-refractivity contribution >= 4 is 5.96 Å². The van der Waals surface area contributed by atoms with Crippen molar-refractivity contribution in [1.82, 2.24) is 4.90 Å². The van der Waals surface area contributed by atoms with Gasteiger partial charge in [-0.25, -0.2) is 4.99 Å². The summed E-state index contributed by atoms with van der Waals surface area (Å²) in [5.74, 6) is 2.82. The number of nitrogens with zero attached hydrogens (tertiary/aromatic N) is 2. The van der Waals surface area contributed by atoms with Gasteiger partial charge in [-0.1, -0.05) is 6.92 Å². The fourth-order valence-corrected chi connectivity index (χ4v) is 2.82. The molecule has 1 aliphatic heterocycles. The fraction of sp³-hybridized carbons (Fsp3) is 0.688. The molecule has 118 valence electrons. The Morgan fingerprint density at radius 2 is 2.10 bits per heavy atom. The van der Waals surface area contributed by atoms with Gasteiger partial charge in [0.1, 0.15) is 17.1 Å². The molecule has 1 aliphatic rings. The Kier molecular flexibility index (Phi) is 4.61. The average molecular weight is 293 g/mol. The molecule has 0 saturated carbocycles. The van der Waals surface area contributed by atoms with Gasteiger partial charge < -0.3 is 20.2 Å². The van der Waals surface area contributed by atoms with Crippen LogP contribution < -0.4 is 5.73 Å². The molecule has 0 aliphatic carbocycles. The summed E-state index contributed by atoms with van der Waals surface area (Å²) in [5.41, 5.74) is 5.79. The highest BCUT2D eigenvalue weighted by atomic mass is 16.3. The molecule has 5 nitrogen and oxygen atoms in total. The van der Waals surface area contributed by atoms with Crippen molar-refractivity contribution in [1.29, 1.82) is 0 Å². The van der Waals surface area contributed by atoms with Gasteiger partial charge in [-0.3, -0.25) is 0 Å². The smallest absolute Gasteiger partial charge is 0.191 e. The van der Waals surface area contributed by atoms with E-state index >= 15 is 0 Å². The van der Waals surface area contributed by atoms with Gasteiger partial charge in [-0.05, 0) is 45.6 Å². The van der Waals surface area contributed by atoms with Crippen molar-refractivity contribution < 1.29 is 9.52 Å². The summed E-state index contributed by atoms with van der Waals surface area (Å²) >= 11 is 0. The lowest BCUT2D eigenvalue weighted by Crippen LogP contribution is -2.43. The van der Waals surface area contributed by atoms with Gasteiger partial charge >= 0.3 is 0 Å². The molecule has 1 unspecified atom stereocenters. The average Bonchev–Trinajstić information content (AvgIpc) is 2.77. The van der Waals surface area contributed by atoms with Gasteiger partial charge in [0.15, 0.2) is 5.96 Å². The second-order valence-corrected chi connectivity index (χ2v) is 6.44. The van der Waals surface area contributed by atoms with E-state index in [1.54, 1.807) is 6.92 Å². The molecule has 21 heavy (non-hydrogen) atoms. The molecule has 0 aromatic carbocycles. The summed E-state index contributed by atoms with van der Waals surface area (Å²) in [4.78, 5) is 6.50. The lowest BCUT2D eigenvalue weighted by Gasteiger charge is -2.31.